The third-order valence-electron chi connectivity index (χ3n) is 2.48. The van der Waals surface area contributed by atoms with Crippen LogP contribution in [0.2, 0.25) is 0 Å². The van der Waals surface area contributed by atoms with Crippen LogP contribution in [0, 0.1) is 6.92 Å². The van der Waals surface area contributed by atoms with Crippen LogP contribution in [0.25, 0.3) is 0 Å². The zero-order chi connectivity index (χ0) is 11.5. The highest BCUT2D eigenvalue weighted by molar-refractivity contribution is 7.08. The molecule has 2 aromatic rings. The summed E-state index contributed by atoms with van der Waals surface area (Å²) >= 11 is 1.55. The average molecular weight is 234 g/mol. The lowest BCUT2D eigenvalue weighted by Crippen LogP contribution is -2.11. The van der Waals surface area contributed by atoms with Crippen molar-refractivity contribution < 1.29 is 4.79 Å². The maximum Gasteiger partial charge on any atom is 0.229 e. The van der Waals surface area contributed by atoms with Gasteiger partial charge in [-0.2, -0.15) is 11.3 Å². The van der Waals surface area contributed by atoms with Gasteiger partial charge in [0.25, 0.3) is 0 Å². The molecule has 0 aromatic carbocycles. The Morgan fingerprint density at radius 2 is 2.31 bits per heavy atom. The van der Waals surface area contributed by atoms with Crippen LogP contribution in [0.3, 0.4) is 0 Å². The van der Waals surface area contributed by atoms with Crippen molar-refractivity contribution in [2.45, 2.75) is 26.8 Å². The Morgan fingerprint density at radius 3 is 2.94 bits per heavy atom. The summed E-state index contributed by atoms with van der Waals surface area (Å²) in [5.41, 5.74) is 1.80. The summed E-state index contributed by atoms with van der Waals surface area (Å²) in [6, 6.07) is 0. The summed E-state index contributed by atoms with van der Waals surface area (Å²) in [5.74, 6) is 0.570. The topological polar surface area (TPSA) is 34.9 Å². The van der Waals surface area contributed by atoms with Gasteiger partial charge in [0.15, 0.2) is 5.82 Å². The van der Waals surface area contributed by atoms with E-state index in [9.17, 15) is 4.79 Å². The van der Waals surface area contributed by atoms with E-state index in [0.717, 1.165) is 24.1 Å². The first kappa shape index (κ1) is 11.1. The minimum atomic E-state index is 0.0252. The van der Waals surface area contributed by atoms with E-state index in [4.69, 9.17) is 0 Å². The third-order valence-corrected chi connectivity index (χ3v) is 3.34. The lowest BCUT2D eigenvalue weighted by Gasteiger charge is -2.04. The van der Waals surface area contributed by atoms with Gasteiger partial charge in [-0.1, -0.05) is 6.92 Å². The van der Waals surface area contributed by atoms with Gasteiger partial charge >= 0.3 is 0 Å². The number of ketones is 1. The molecule has 0 saturated carbocycles. The number of carbonyl (C=O) groups excluding carboxylic acids is 1. The van der Waals surface area contributed by atoms with Crippen molar-refractivity contribution in [1.29, 1.82) is 0 Å². The molecule has 0 aliphatic heterocycles. The van der Waals surface area contributed by atoms with Gasteiger partial charge in [0.1, 0.15) is 0 Å². The molecule has 84 valence electrons. The number of carbonyl (C=O) groups is 1. The molecule has 2 rings (SSSR count). The first-order valence-electron chi connectivity index (χ1n) is 5.32. The number of aryl methyl sites for hydroxylation is 2. The monoisotopic (exact) mass is 234 g/mol. The van der Waals surface area contributed by atoms with Crippen LogP contribution in [-0.2, 0) is 6.54 Å². The Balaban J connectivity index is 2.34. The second kappa shape index (κ2) is 4.61. The first-order valence-corrected chi connectivity index (χ1v) is 6.27. The lowest BCUT2D eigenvalue weighted by molar-refractivity contribution is 0.102. The summed E-state index contributed by atoms with van der Waals surface area (Å²) in [5, 5.41) is 3.88. The maximum atomic E-state index is 12.2. The molecule has 0 spiro atoms. The van der Waals surface area contributed by atoms with Crippen LogP contribution in [0.5, 0.6) is 0 Å². The summed E-state index contributed by atoms with van der Waals surface area (Å²) < 4.78 is 1.92. The first-order chi connectivity index (χ1) is 7.74. The second-order valence-electron chi connectivity index (χ2n) is 3.74. The third kappa shape index (κ3) is 1.93. The van der Waals surface area contributed by atoms with Gasteiger partial charge in [-0.25, -0.2) is 4.98 Å². The number of aromatic nitrogens is 2. The number of hydrogen-bond donors (Lipinski definition) is 0. The van der Waals surface area contributed by atoms with Crippen molar-refractivity contribution in [2.24, 2.45) is 0 Å². The zero-order valence-electron chi connectivity index (χ0n) is 9.43. The Morgan fingerprint density at radius 1 is 1.50 bits per heavy atom. The smallest absolute Gasteiger partial charge is 0.229 e. The van der Waals surface area contributed by atoms with Crippen LogP contribution in [-0.4, -0.2) is 15.3 Å². The second-order valence-corrected chi connectivity index (χ2v) is 4.49. The average Bonchev–Trinajstić information content (AvgIpc) is 2.87. The summed E-state index contributed by atoms with van der Waals surface area (Å²) in [6.45, 7) is 4.88. The van der Waals surface area contributed by atoms with Crippen molar-refractivity contribution in [3.63, 3.8) is 0 Å². The largest absolute Gasteiger partial charge is 0.328 e. The van der Waals surface area contributed by atoms with E-state index in [1.165, 1.54) is 0 Å². The highest BCUT2D eigenvalue weighted by atomic mass is 32.1. The Labute approximate surface area is 98.8 Å². The van der Waals surface area contributed by atoms with Crippen LogP contribution < -0.4 is 0 Å². The molecule has 0 saturated heterocycles. The minimum Gasteiger partial charge on any atom is -0.328 e. The number of rotatable bonds is 4. The van der Waals surface area contributed by atoms with Gasteiger partial charge in [0.05, 0.1) is 0 Å². The fourth-order valence-corrected chi connectivity index (χ4v) is 2.48. The molecular formula is C12H14N2OS. The number of nitrogens with zero attached hydrogens (tertiary/aromatic N) is 2. The molecule has 4 heteroatoms. The van der Waals surface area contributed by atoms with E-state index < -0.39 is 0 Å². The van der Waals surface area contributed by atoms with E-state index >= 15 is 0 Å². The summed E-state index contributed by atoms with van der Waals surface area (Å²) in [7, 11) is 0. The van der Waals surface area contributed by atoms with E-state index in [2.05, 4.69) is 11.9 Å². The van der Waals surface area contributed by atoms with E-state index in [1.54, 1.807) is 17.5 Å². The van der Waals surface area contributed by atoms with Gasteiger partial charge in [0.2, 0.25) is 5.78 Å². The predicted octanol–water partition coefficient (Wildman–Crippen LogP) is 2.89. The molecule has 0 unspecified atom stereocenters. The molecule has 0 atom stereocenters. The minimum absolute atomic E-state index is 0.0252. The van der Waals surface area contributed by atoms with Gasteiger partial charge in [0, 0.05) is 29.9 Å². The summed E-state index contributed by atoms with van der Waals surface area (Å²) in [6.07, 6.45) is 4.54. The fraction of sp³-hybridized carbons (Fsp3) is 0.333. The number of thiophene rings is 1. The number of hydrogen-bond acceptors (Lipinski definition) is 3. The van der Waals surface area contributed by atoms with Crippen LogP contribution in [0.15, 0.2) is 23.2 Å². The quantitative estimate of drug-likeness (QED) is 0.762. The van der Waals surface area contributed by atoms with Crippen molar-refractivity contribution >= 4 is 17.1 Å². The van der Waals surface area contributed by atoms with Crippen LogP contribution in [0.1, 0.15) is 35.1 Å². The predicted molar refractivity (Wildman–Crippen MR) is 65.0 cm³/mol. The Hall–Kier alpha value is -1.42. The highest BCUT2D eigenvalue weighted by Gasteiger charge is 2.17. The van der Waals surface area contributed by atoms with Crippen molar-refractivity contribution in [3.8, 4) is 0 Å². The van der Waals surface area contributed by atoms with Gasteiger partial charge in [-0.15, -0.1) is 0 Å². The van der Waals surface area contributed by atoms with Gasteiger partial charge < -0.3 is 4.57 Å². The van der Waals surface area contributed by atoms with Gasteiger partial charge in [-0.3, -0.25) is 4.79 Å². The molecule has 2 aromatic heterocycles. The molecule has 0 amide bonds. The highest BCUT2D eigenvalue weighted by Crippen LogP contribution is 2.17. The van der Waals surface area contributed by atoms with Crippen LogP contribution in [0.4, 0.5) is 0 Å². The molecule has 0 bridgehead atoms. The Bertz CT molecular complexity index is 499. The van der Waals surface area contributed by atoms with Crippen LogP contribution >= 0.6 is 11.3 Å². The van der Waals surface area contributed by atoms with Crippen molar-refractivity contribution in [1.82, 2.24) is 9.55 Å². The SMILES string of the molecule is CCCn1ccnc1C(=O)c1cscc1C. The Kier molecular flexibility index (Phi) is 3.19. The molecule has 2 heterocycles. The molecule has 0 aliphatic rings. The molecule has 0 N–H and O–H groups in total. The standard InChI is InChI=1S/C12H14N2OS/c1-3-5-14-6-4-13-12(14)11(15)10-8-16-7-9(10)2/h4,6-8H,3,5H2,1-2H3. The molecule has 0 fully saturated rings. The molecule has 16 heavy (non-hydrogen) atoms. The van der Waals surface area contributed by atoms with Crippen molar-refractivity contribution in [3.05, 3.63) is 40.1 Å². The van der Waals surface area contributed by atoms with E-state index in [1.807, 2.05) is 28.4 Å². The molecule has 0 radical (unpaired) electrons. The van der Waals surface area contributed by atoms with E-state index in [-0.39, 0.29) is 5.78 Å². The number of imidazole rings is 1. The van der Waals surface area contributed by atoms with Crippen molar-refractivity contribution in [2.75, 3.05) is 0 Å². The fourth-order valence-electron chi connectivity index (χ4n) is 1.65. The zero-order valence-corrected chi connectivity index (χ0v) is 10.3. The normalized spacial score (nSPS) is 10.6. The summed E-state index contributed by atoms with van der Waals surface area (Å²) in [4.78, 5) is 16.4. The molecular weight excluding hydrogens is 220 g/mol. The maximum absolute atomic E-state index is 12.2. The lowest BCUT2D eigenvalue weighted by atomic mass is 10.1. The molecule has 0 aliphatic carbocycles. The molecule has 3 nitrogen and oxygen atoms in total. The van der Waals surface area contributed by atoms with Gasteiger partial charge in [-0.05, 0) is 24.3 Å². The van der Waals surface area contributed by atoms with E-state index in [0.29, 0.717) is 5.82 Å².